The molecule has 24 heavy (non-hydrogen) atoms. The zero-order valence-corrected chi connectivity index (χ0v) is 13.2. The van der Waals surface area contributed by atoms with Gasteiger partial charge in [-0.05, 0) is 41.1 Å². The van der Waals surface area contributed by atoms with Crippen LogP contribution in [-0.4, -0.2) is 32.7 Å². The van der Waals surface area contributed by atoms with Crippen LogP contribution in [0.25, 0.3) is 5.69 Å². The molecule has 0 saturated heterocycles. The van der Waals surface area contributed by atoms with Gasteiger partial charge in [0.2, 0.25) is 0 Å². The number of rotatable bonds is 6. The molecule has 0 fully saturated rings. The third-order valence-electron chi connectivity index (χ3n) is 3.40. The smallest absolute Gasteiger partial charge is 0.258 e. The van der Waals surface area contributed by atoms with E-state index in [4.69, 9.17) is 4.74 Å². The van der Waals surface area contributed by atoms with E-state index >= 15 is 0 Å². The molecule has 0 spiro atoms. The van der Waals surface area contributed by atoms with Gasteiger partial charge >= 0.3 is 0 Å². The van der Waals surface area contributed by atoms with Crippen molar-refractivity contribution in [3.05, 3.63) is 66.5 Å². The van der Waals surface area contributed by atoms with Crippen molar-refractivity contribution in [2.24, 2.45) is 0 Å². The number of amides is 1. The van der Waals surface area contributed by atoms with Crippen LogP contribution in [0.1, 0.15) is 18.6 Å². The molecular formula is C17H17N5O2. The summed E-state index contributed by atoms with van der Waals surface area (Å²) in [4.78, 5) is 12.6. The van der Waals surface area contributed by atoms with Gasteiger partial charge in [-0.3, -0.25) is 4.79 Å². The summed E-state index contributed by atoms with van der Waals surface area (Å²) in [6.45, 7) is 2.30. The topological polar surface area (TPSA) is 81.9 Å². The van der Waals surface area contributed by atoms with Crippen molar-refractivity contribution in [2.75, 3.05) is 11.9 Å². The van der Waals surface area contributed by atoms with E-state index in [1.54, 1.807) is 12.1 Å². The lowest BCUT2D eigenvalue weighted by Gasteiger charge is -2.17. The summed E-state index contributed by atoms with van der Waals surface area (Å²) in [6.07, 6.45) is 0.835. The first-order valence-electron chi connectivity index (χ1n) is 7.59. The van der Waals surface area contributed by atoms with E-state index < -0.39 is 6.10 Å². The highest BCUT2D eigenvalue weighted by Gasteiger charge is 2.20. The number of anilines is 1. The first kappa shape index (κ1) is 15.8. The Morgan fingerprint density at radius 3 is 2.75 bits per heavy atom. The van der Waals surface area contributed by atoms with Gasteiger partial charge in [0, 0.05) is 12.3 Å². The Bertz CT molecular complexity index is 790. The summed E-state index contributed by atoms with van der Waals surface area (Å²) in [5, 5.41) is 13.9. The lowest BCUT2D eigenvalue weighted by atomic mass is 10.1. The van der Waals surface area contributed by atoms with Crippen molar-refractivity contribution in [3.63, 3.8) is 0 Å². The van der Waals surface area contributed by atoms with E-state index in [0.29, 0.717) is 12.3 Å². The van der Waals surface area contributed by atoms with Crippen LogP contribution in [0.4, 0.5) is 5.69 Å². The normalized spacial score (nSPS) is 11.9. The maximum Gasteiger partial charge on any atom is 0.258 e. The van der Waals surface area contributed by atoms with Crippen LogP contribution in [-0.2, 0) is 9.53 Å². The molecule has 7 nitrogen and oxygen atoms in total. The van der Waals surface area contributed by atoms with Gasteiger partial charge in [0.25, 0.3) is 5.91 Å². The molecule has 0 bridgehead atoms. The van der Waals surface area contributed by atoms with Gasteiger partial charge in [0.05, 0.1) is 5.69 Å². The van der Waals surface area contributed by atoms with Crippen molar-refractivity contribution in [1.82, 2.24) is 20.2 Å². The minimum atomic E-state index is -0.659. The molecule has 1 N–H and O–H groups in total. The Balaban J connectivity index is 1.79. The third-order valence-corrected chi connectivity index (χ3v) is 3.40. The van der Waals surface area contributed by atoms with Crippen LogP contribution < -0.4 is 5.32 Å². The Morgan fingerprint density at radius 2 is 2.04 bits per heavy atom. The molecule has 0 saturated carbocycles. The average molecular weight is 323 g/mol. The molecule has 1 amide bonds. The van der Waals surface area contributed by atoms with Gasteiger partial charge in [-0.1, -0.05) is 36.4 Å². The second-order valence-corrected chi connectivity index (χ2v) is 5.04. The number of nitrogens with zero attached hydrogens (tertiary/aromatic N) is 4. The Kier molecular flexibility index (Phi) is 4.93. The number of tetrazole rings is 1. The minimum absolute atomic E-state index is 0.225. The zero-order valence-electron chi connectivity index (χ0n) is 13.2. The first-order chi connectivity index (χ1) is 11.8. The Morgan fingerprint density at radius 1 is 1.21 bits per heavy atom. The molecule has 1 atom stereocenters. The number of hydrogen-bond acceptors (Lipinski definition) is 5. The predicted molar refractivity (Wildman–Crippen MR) is 88.6 cm³/mol. The van der Waals surface area contributed by atoms with E-state index in [0.717, 1.165) is 11.3 Å². The van der Waals surface area contributed by atoms with Crippen LogP contribution in [0.5, 0.6) is 0 Å². The molecule has 1 aromatic heterocycles. The van der Waals surface area contributed by atoms with E-state index in [2.05, 4.69) is 20.8 Å². The third kappa shape index (κ3) is 3.64. The standard InChI is InChI=1S/C17H17N5O2/c1-2-24-16(13-7-4-3-5-8-13)17(23)19-14-9-6-10-15(11-14)22-12-18-20-21-22/h3-12,16H,2H2,1H3,(H,19,23). The van der Waals surface area contributed by atoms with Crippen molar-refractivity contribution in [1.29, 1.82) is 0 Å². The van der Waals surface area contributed by atoms with E-state index in [9.17, 15) is 4.79 Å². The fourth-order valence-corrected chi connectivity index (χ4v) is 2.33. The highest BCUT2D eigenvalue weighted by molar-refractivity contribution is 5.95. The lowest BCUT2D eigenvalue weighted by Crippen LogP contribution is -2.23. The highest BCUT2D eigenvalue weighted by Crippen LogP contribution is 2.21. The molecule has 1 unspecified atom stereocenters. The number of benzene rings is 2. The number of carbonyl (C=O) groups excluding carboxylic acids is 1. The fourth-order valence-electron chi connectivity index (χ4n) is 2.33. The van der Waals surface area contributed by atoms with E-state index in [-0.39, 0.29) is 5.91 Å². The van der Waals surface area contributed by atoms with Crippen molar-refractivity contribution >= 4 is 11.6 Å². The summed E-state index contributed by atoms with van der Waals surface area (Å²) in [7, 11) is 0. The van der Waals surface area contributed by atoms with Gasteiger partial charge < -0.3 is 10.1 Å². The molecule has 0 radical (unpaired) electrons. The molecule has 0 aliphatic carbocycles. The van der Waals surface area contributed by atoms with Gasteiger partial charge in [0.15, 0.2) is 6.10 Å². The molecule has 122 valence electrons. The van der Waals surface area contributed by atoms with E-state index in [1.165, 1.54) is 11.0 Å². The lowest BCUT2D eigenvalue weighted by molar-refractivity contribution is -0.127. The maximum atomic E-state index is 12.6. The number of nitrogens with one attached hydrogen (secondary N) is 1. The summed E-state index contributed by atoms with van der Waals surface area (Å²) < 4.78 is 7.14. The molecule has 0 aliphatic heterocycles. The molecule has 3 rings (SSSR count). The monoisotopic (exact) mass is 323 g/mol. The second-order valence-electron chi connectivity index (χ2n) is 5.04. The molecule has 0 aliphatic rings. The zero-order chi connectivity index (χ0) is 16.8. The largest absolute Gasteiger partial charge is 0.364 e. The van der Waals surface area contributed by atoms with Crippen LogP contribution >= 0.6 is 0 Å². The van der Waals surface area contributed by atoms with Crippen molar-refractivity contribution in [2.45, 2.75) is 13.0 Å². The fraction of sp³-hybridized carbons (Fsp3) is 0.176. The van der Waals surface area contributed by atoms with Gasteiger partial charge in [-0.25, -0.2) is 4.68 Å². The van der Waals surface area contributed by atoms with Gasteiger partial charge in [-0.2, -0.15) is 0 Å². The SMILES string of the molecule is CCOC(C(=O)Nc1cccc(-n2cnnn2)c1)c1ccccc1. The molecule has 7 heteroatoms. The quantitative estimate of drug-likeness (QED) is 0.753. The van der Waals surface area contributed by atoms with Crippen LogP contribution in [0, 0.1) is 0 Å². The highest BCUT2D eigenvalue weighted by atomic mass is 16.5. The summed E-state index contributed by atoms with van der Waals surface area (Å²) >= 11 is 0. The minimum Gasteiger partial charge on any atom is -0.364 e. The Labute approximate surface area is 139 Å². The Hall–Kier alpha value is -3.06. The van der Waals surface area contributed by atoms with Crippen LogP contribution in [0.3, 0.4) is 0 Å². The summed E-state index contributed by atoms with van der Waals surface area (Å²) in [5.74, 6) is -0.225. The van der Waals surface area contributed by atoms with Crippen molar-refractivity contribution in [3.8, 4) is 5.69 Å². The molecule has 3 aromatic rings. The molecule has 1 heterocycles. The van der Waals surface area contributed by atoms with Gasteiger partial charge in [0.1, 0.15) is 6.33 Å². The maximum absolute atomic E-state index is 12.6. The number of hydrogen-bond donors (Lipinski definition) is 1. The predicted octanol–water partition coefficient (Wildman–Crippen LogP) is 2.38. The number of carbonyl (C=O) groups is 1. The number of aromatic nitrogens is 4. The van der Waals surface area contributed by atoms with Crippen LogP contribution in [0.15, 0.2) is 60.9 Å². The van der Waals surface area contributed by atoms with E-state index in [1.807, 2.05) is 49.4 Å². The van der Waals surface area contributed by atoms with Crippen LogP contribution in [0.2, 0.25) is 0 Å². The van der Waals surface area contributed by atoms with Gasteiger partial charge in [-0.15, -0.1) is 5.10 Å². The van der Waals surface area contributed by atoms with Crippen molar-refractivity contribution < 1.29 is 9.53 Å². The number of ether oxygens (including phenoxy) is 1. The second kappa shape index (κ2) is 7.47. The summed E-state index contributed by atoms with van der Waals surface area (Å²) in [6, 6.07) is 16.7. The molecule has 2 aromatic carbocycles. The first-order valence-corrected chi connectivity index (χ1v) is 7.59. The molecular weight excluding hydrogens is 306 g/mol. The summed E-state index contributed by atoms with van der Waals surface area (Å²) in [5.41, 5.74) is 2.22. The average Bonchev–Trinajstić information content (AvgIpc) is 3.15.